The first-order valence-electron chi connectivity index (χ1n) is 6.04. The molecule has 0 aromatic carbocycles. The second kappa shape index (κ2) is 4.05. The van der Waals surface area contributed by atoms with Crippen molar-refractivity contribution in [1.29, 1.82) is 5.41 Å². The van der Waals surface area contributed by atoms with Crippen LogP contribution in [0.25, 0.3) is 0 Å². The van der Waals surface area contributed by atoms with Gasteiger partial charge in [0, 0.05) is 20.1 Å². The average molecular weight is 235 g/mol. The number of aryl methyl sites for hydroxylation is 2. The molecule has 0 aliphatic carbocycles. The number of nitrogen functional groups attached to an aromatic ring is 1. The van der Waals surface area contributed by atoms with Crippen LogP contribution in [0.3, 0.4) is 0 Å². The molecule has 2 rings (SSSR count). The second-order valence-electron chi connectivity index (χ2n) is 5.18. The molecule has 17 heavy (non-hydrogen) atoms. The van der Waals surface area contributed by atoms with Crippen molar-refractivity contribution in [1.82, 2.24) is 9.78 Å². The van der Waals surface area contributed by atoms with E-state index >= 15 is 0 Å². The van der Waals surface area contributed by atoms with Gasteiger partial charge in [-0.3, -0.25) is 10.1 Å². The van der Waals surface area contributed by atoms with Crippen molar-refractivity contribution in [2.45, 2.75) is 20.8 Å². The van der Waals surface area contributed by atoms with Crippen molar-refractivity contribution in [3.8, 4) is 0 Å². The molecular weight excluding hydrogens is 214 g/mol. The van der Waals surface area contributed by atoms with E-state index in [2.05, 4.69) is 23.8 Å². The Balaban J connectivity index is 2.42. The molecule has 1 saturated heterocycles. The maximum atomic E-state index is 7.69. The van der Waals surface area contributed by atoms with E-state index in [1.165, 1.54) is 0 Å². The first kappa shape index (κ1) is 12.0. The fraction of sp³-hybridized carbons (Fsp3) is 0.667. The summed E-state index contributed by atoms with van der Waals surface area (Å²) in [5.41, 5.74) is 7.29. The van der Waals surface area contributed by atoms with Crippen molar-refractivity contribution in [2.24, 2.45) is 24.6 Å². The van der Waals surface area contributed by atoms with Crippen molar-refractivity contribution < 1.29 is 0 Å². The molecule has 0 amide bonds. The van der Waals surface area contributed by atoms with Crippen molar-refractivity contribution in [3.63, 3.8) is 0 Å². The Kier molecular flexibility index (Phi) is 2.85. The van der Waals surface area contributed by atoms with E-state index in [0.29, 0.717) is 11.8 Å². The molecule has 5 heteroatoms. The summed E-state index contributed by atoms with van der Waals surface area (Å²) in [6, 6.07) is 0. The number of anilines is 1. The van der Waals surface area contributed by atoms with Gasteiger partial charge in [-0.2, -0.15) is 5.10 Å². The lowest BCUT2D eigenvalue weighted by molar-refractivity contribution is 0.494. The zero-order valence-electron chi connectivity index (χ0n) is 11.0. The smallest absolute Gasteiger partial charge is 0.137 e. The van der Waals surface area contributed by atoms with E-state index in [0.717, 1.165) is 30.2 Å². The minimum atomic E-state index is 0.109. The Hall–Kier alpha value is -1.52. The number of nitrogens with one attached hydrogen (secondary N) is 1. The van der Waals surface area contributed by atoms with Gasteiger partial charge in [-0.15, -0.1) is 0 Å². The van der Waals surface area contributed by atoms with Crippen LogP contribution in [0.1, 0.15) is 25.1 Å². The van der Waals surface area contributed by atoms with Gasteiger partial charge in [0.1, 0.15) is 11.7 Å². The molecule has 94 valence electrons. The number of aromatic nitrogens is 2. The highest BCUT2D eigenvalue weighted by Crippen LogP contribution is 2.30. The molecule has 3 N–H and O–H groups in total. The molecular formula is C12H21N5. The molecule has 1 aliphatic rings. The van der Waals surface area contributed by atoms with Crippen LogP contribution in [0.5, 0.6) is 0 Å². The molecule has 0 bridgehead atoms. The molecule has 2 unspecified atom stereocenters. The maximum absolute atomic E-state index is 7.69. The third-order valence-corrected chi connectivity index (χ3v) is 3.75. The van der Waals surface area contributed by atoms with E-state index in [1.807, 2.05) is 18.7 Å². The fourth-order valence-corrected chi connectivity index (χ4v) is 2.63. The summed E-state index contributed by atoms with van der Waals surface area (Å²) >= 11 is 0. The highest BCUT2D eigenvalue weighted by Gasteiger charge is 2.30. The molecule has 1 aliphatic heterocycles. The zero-order chi connectivity index (χ0) is 12.7. The van der Waals surface area contributed by atoms with E-state index in [4.69, 9.17) is 11.1 Å². The quantitative estimate of drug-likeness (QED) is 0.596. The Labute approximate surface area is 102 Å². The van der Waals surface area contributed by atoms with Gasteiger partial charge in [-0.1, -0.05) is 13.8 Å². The van der Waals surface area contributed by atoms with Crippen molar-refractivity contribution >= 4 is 11.7 Å². The van der Waals surface area contributed by atoms with E-state index in [9.17, 15) is 0 Å². The van der Waals surface area contributed by atoms with E-state index in [-0.39, 0.29) is 5.84 Å². The number of rotatable bonds is 2. The summed E-state index contributed by atoms with van der Waals surface area (Å²) in [5, 5.41) is 12.1. The van der Waals surface area contributed by atoms with Gasteiger partial charge in [0.05, 0.1) is 11.3 Å². The summed E-state index contributed by atoms with van der Waals surface area (Å²) in [6.45, 7) is 8.46. The van der Waals surface area contributed by atoms with Gasteiger partial charge >= 0.3 is 0 Å². The largest absolute Gasteiger partial charge is 0.384 e. The number of hydrogen-bond acceptors (Lipinski definition) is 3. The normalized spacial score (nSPS) is 24.4. The fourth-order valence-electron chi connectivity index (χ4n) is 2.63. The van der Waals surface area contributed by atoms with Gasteiger partial charge in [0.2, 0.25) is 0 Å². The molecule has 1 aromatic rings. The summed E-state index contributed by atoms with van der Waals surface area (Å²) in [4.78, 5) is 2.30. The minimum absolute atomic E-state index is 0.109. The molecule has 0 spiro atoms. The van der Waals surface area contributed by atoms with Gasteiger partial charge in [-0.25, -0.2) is 0 Å². The highest BCUT2D eigenvalue weighted by atomic mass is 15.4. The van der Waals surface area contributed by atoms with Crippen LogP contribution >= 0.6 is 0 Å². The number of nitrogens with two attached hydrogens (primary N) is 1. The lowest BCUT2D eigenvalue weighted by Crippen LogP contribution is -2.26. The van der Waals surface area contributed by atoms with Gasteiger partial charge in [-0.05, 0) is 18.8 Å². The van der Waals surface area contributed by atoms with Crippen LogP contribution in [0, 0.1) is 24.2 Å². The first-order chi connectivity index (χ1) is 7.91. The summed E-state index contributed by atoms with van der Waals surface area (Å²) < 4.78 is 1.84. The van der Waals surface area contributed by atoms with Crippen molar-refractivity contribution in [3.05, 3.63) is 11.3 Å². The highest BCUT2D eigenvalue weighted by molar-refractivity contribution is 6.01. The van der Waals surface area contributed by atoms with Gasteiger partial charge in [0.15, 0.2) is 0 Å². The Morgan fingerprint density at radius 3 is 2.35 bits per heavy atom. The van der Waals surface area contributed by atoms with E-state index < -0.39 is 0 Å². The van der Waals surface area contributed by atoms with Crippen LogP contribution in [-0.4, -0.2) is 28.7 Å². The third kappa shape index (κ3) is 1.90. The monoisotopic (exact) mass is 235 g/mol. The molecule has 2 heterocycles. The van der Waals surface area contributed by atoms with E-state index in [1.54, 1.807) is 0 Å². The van der Waals surface area contributed by atoms with Crippen molar-refractivity contribution in [2.75, 3.05) is 18.0 Å². The Bertz CT molecular complexity index is 438. The predicted molar refractivity (Wildman–Crippen MR) is 69.5 cm³/mol. The number of hydrogen-bond donors (Lipinski definition) is 2. The predicted octanol–water partition coefficient (Wildman–Crippen LogP) is 1.10. The molecule has 2 atom stereocenters. The van der Waals surface area contributed by atoms with Crippen LogP contribution in [0.2, 0.25) is 0 Å². The first-order valence-corrected chi connectivity index (χ1v) is 6.04. The third-order valence-electron chi connectivity index (χ3n) is 3.75. The topological polar surface area (TPSA) is 70.9 Å². The molecule has 1 aromatic heterocycles. The summed E-state index contributed by atoms with van der Waals surface area (Å²) in [5.74, 6) is 2.44. The molecule has 1 fully saturated rings. The van der Waals surface area contributed by atoms with Gasteiger partial charge < -0.3 is 10.6 Å². The molecule has 0 saturated carbocycles. The number of amidine groups is 1. The lowest BCUT2D eigenvalue weighted by Gasteiger charge is -2.20. The number of nitrogens with zero attached hydrogens (tertiary/aromatic N) is 3. The van der Waals surface area contributed by atoms with Crippen LogP contribution in [-0.2, 0) is 7.05 Å². The molecule has 0 radical (unpaired) electrons. The van der Waals surface area contributed by atoms with Crippen LogP contribution < -0.4 is 10.6 Å². The SMILES string of the molecule is Cc1nn(C)c(N2CC(C)C(C)C2)c1C(=N)N. The zero-order valence-corrected chi connectivity index (χ0v) is 11.0. The van der Waals surface area contributed by atoms with Crippen LogP contribution in [0.15, 0.2) is 0 Å². The molecule has 5 nitrogen and oxygen atoms in total. The van der Waals surface area contributed by atoms with Gasteiger partial charge in [0.25, 0.3) is 0 Å². The summed E-state index contributed by atoms with van der Waals surface area (Å²) in [6.07, 6.45) is 0. The standard InChI is InChI=1S/C12H21N5/c1-7-5-17(6-8(7)2)12-10(11(13)14)9(3)15-16(12)4/h7-8H,5-6H2,1-4H3,(H3,13,14). The summed E-state index contributed by atoms with van der Waals surface area (Å²) in [7, 11) is 1.92. The average Bonchev–Trinajstić information content (AvgIpc) is 2.68. The Morgan fingerprint density at radius 1 is 1.35 bits per heavy atom. The second-order valence-corrected chi connectivity index (χ2v) is 5.18. The van der Waals surface area contributed by atoms with Crippen LogP contribution in [0.4, 0.5) is 5.82 Å². The lowest BCUT2D eigenvalue weighted by atomic mass is 10.0. The minimum Gasteiger partial charge on any atom is -0.384 e. The maximum Gasteiger partial charge on any atom is 0.137 e. The Morgan fingerprint density at radius 2 is 1.88 bits per heavy atom.